The predicted octanol–water partition coefficient (Wildman–Crippen LogP) is 2.84. The van der Waals surface area contributed by atoms with Crippen LogP contribution < -0.4 is 21.3 Å². The van der Waals surface area contributed by atoms with Crippen LogP contribution in [-0.4, -0.2) is 71.9 Å². The maximum absolute atomic E-state index is 13.7. The number of amides is 3. The highest BCUT2D eigenvalue weighted by Crippen LogP contribution is 2.28. The average molecular weight is 594 g/mol. The summed E-state index contributed by atoms with van der Waals surface area (Å²) in [6, 6.07) is 8.45. The molecular weight excluding hydrogens is 567 g/mol. The third kappa shape index (κ3) is 7.13. The summed E-state index contributed by atoms with van der Waals surface area (Å²) in [5, 5.41) is 11.9. The van der Waals surface area contributed by atoms with Gasteiger partial charge in [-0.15, -0.1) is 0 Å². The Kier molecular flexibility index (Phi) is 9.69. The number of nitrogens with zero attached hydrogens (tertiary/aromatic N) is 3. The molecule has 1 saturated heterocycles. The first-order valence-corrected chi connectivity index (χ1v) is 13.1. The first-order valence-electron chi connectivity index (χ1n) is 12.4. The van der Waals surface area contributed by atoms with Crippen molar-refractivity contribution in [1.82, 2.24) is 30.4 Å². The standard InChI is InChI=1S/C20H23ClFN7O3.C6H4ClF/c1-23-20(32)17-26-16(27-18(30)11-6-12(21)8-13(22)7-11)14-9-25-19(31)15(29(14)17)10-28-4-2-24-3-5-28;7-5-1-3-6(8)4-2-5/h6-8,15,24H,2-5,9-10H2,1H3,(H,23,32)(H,25,31)(H,27,30);1-4H. The number of carbonyl (C=O) groups is 3. The maximum Gasteiger partial charge on any atom is 0.287 e. The van der Waals surface area contributed by atoms with E-state index in [4.69, 9.17) is 23.2 Å². The minimum atomic E-state index is -0.689. The molecule has 2 aromatic carbocycles. The fraction of sp³-hybridized carbons (Fsp3) is 0.308. The molecule has 2 aliphatic rings. The van der Waals surface area contributed by atoms with Crippen molar-refractivity contribution in [1.29, 1.82) is 0 Å². The van der Waals surface area contributed by atoms with Crippen molar-refractivity contribution in [2.45, 2.75) is 12.6 Å². The molecule has 0 saturated carbocycles. The highest BCUT2D eigenvalue weighted by Gasteiger charge is 2.36. The molecule has 5 rings (SSSR count). The zero-order chi connectivity index (χ0) is 28.8. The molecule has 1 aromatic heterocycles. The number of carbonyl (C=O) groups excluding carboxylic acids is 3. The Labute approximate surface area is 239 Å². The Bertz CT molecular complexity index is 1350. The lowest BCUT2D eigenvalue weighted by atomic mass is 10.1. The van der Waals surface area contributed by atoms with Crippen molar-refractivity contribution >= 4 is 46.7 Å². The smallest absolute Gasteiger partial charge is 0.287 e. The van der Waals surface area contributed by atoms with Gasteiger partial charge in [0.25, 0.3) is 11.8 Å². The second kappa shape index (κ2) is 13.2. The van der Waals surface area contributed by atoms with E-state index >= 15 is 0 Å². The number of hydrogen-bond acceptors (Lipinski definition) is 6. The number of benzene rings is 2. The molecule has 0 bridgehead atoms. The van der Waals surface area contributed by atoms with E-state index in [0.29, 0.717) is 17.3 Å². The normalized spacial score (nSPS) is 16.7. The molecule has 40 heavy (non-hydrogen) atoms. The Morgan fingerprint density at radius 3 is 2.35 bits per heavy atom. The summed E-state index contributed by atoms with van der Waals surface area (Å²) < 4.78 is 27.3. The quantitative estimate of drug-likeness (QED) is 0.361. The van der Waals surface area contributed by atoms with Gasteiger partial charge in [-0.25, -0.2) is 13.8 Å². The number of hydrogen-bond donors (Lipinski definition) is 4. The van der Waals surface area contributed by atoms with E-state index in [-0.39, 0.29) is 40.5 Å². The Balaban J connectivity index is 0.000000398. The lowest BCUT2D eigenvalue weighted by Gasteiger charge is -2.33. The fourth-order valence-corrected chi connectivity index (χ4v) is 4.69. The second-order valence-corrected chi connectivity index (χ2v) is 9.89. The van der Waals surface area contributed by atoms with Crippen molar-refractivity contribution in [2.24, 2.45) is 0 Å². The Morgan fingerprint density at radius 2 is 1.73 bits per heavy atom. The number of rotatable bonds is 5. The van der Waals surface area contributed by atoms with Crippen molar-refractivity contribution in [3.8, 4) is 0 Å². The van der Waals surface area contributed by atoms with Gasteiger partial charge < -0.3 is 25.8 Å². The van der Waals surface area contributed by atoms with Gasteiger partial charge in [-0.3, -0.25) is 19.3 Å². The van der Waals surface area contributed by atoms with Gasteiger partial charge in [-0.05, 0) is 42.5 Å². The molecule has 1 fully saturated rings. The van der Waals surface area contributed by atoms with E-state index in [2.05, 4.69) is 31.2 Å². The van der Waals surface area contributed by atoms with Gasteiger partial charge in [-0.2, -0.15) is 0 Å². The van der Waals surface area contributed by atoms with Gasteiger partial charge in [0, 0.05) is 55.4 Å². The van der Waals surface area contributed by atoms with Gasteiger partial charge in [0.2, 0.25) is 11.7 Å². The molecule has 14 heteroatoms. The van der Waals surface area contributed by atoms with Crippen LogP contribution in [0, 0.1) is 11.6 Å². The zero-order valence-electron chi connectivity index (χ0n) is 21.4. The molecule has 4 N–H and O–H groups in total. The van der Waals surface area contributed by atoms with Crippen LogP contribution in [0.1, 0.15) is 32.7 Å². The number of nitrogens with one attached hydrogen (secondary N) is 4. The van der Waals surface area contributed by atoms with Gasteiger partial charge in [-0.1, -0.05) is 23.2 Å². The fourth-order valence-electron chi connectivity index (χ4n) is 4.35. The third-order valence-corrected chi connectivity index (χ3v) is 6.76. The Hall–Kier alpha value is -3.58. The summed E-state index contributed by atoms with van der Waals surface area (Å²) in [5.41, 5.74) is 0.495. The largest absolute Gasteiger partial charge is 0.352 e. The predicted molar refractivity (Wildman–Crippen MR) is 147 cm³/mol. The summed E-state index contributed by atoms with van der Waals surface area (Å²) in [6.07, 6.45) is 0. The third-order valence-electron chi connectivity index (χ3n) is 6.29. The molecule has 3 aromatic rings. The molecule has 1 unspecified atom stereocenters. The van der Waals surface area contributed by atoms with Crippen LogP contribution in [0.5, 0.6) is 0 Å². The van der Waals surface area contributed by atoms with Crippen LogP contribution in [0.2, 0.25) is 10.0 Å². The van der Waals surface area contributed by atoms with Crippen LogP contribution >= 0.6 is 23.2 Å². The molecule has 212 valence electrons. The van der Waals surface area contributed by atoms with Crippen LogP contribution in [-0.2, 0) is 11.3 Å². The molecule has 3 amide bonds. The topological polar surface area (TPSA) is 120 Å². The number of aromatic nitrogens is 2. The Morgan fingerprint density at radius 1 is 1.02 bits per heavy atom. The first kappa shape index (κ1) is 29.4. The highest BCUT2D eigenvalue weighted by molar-refractivity contribution is 6.31. The highest BCUT2D eigenvalue weighted by atomic mass is 35.5. The summed E-state index contributed by atoms with van der Waals surface area (Å²) in [5.74, 6) is -2.11. The van der Waals surface area contributed by atoms with Crippen LogP contribution in [0.15, 0.2) is 42.5 Å². The molecule has 10 nitrogen and oxygen atoms in total. The van der Waals surface area contributed by atoms with Crippen molar-refractivity contribution < 1.29 is 23.2 Å². The minimum absolute atomic E-state index is 0.00968. The van der Waals surface area contributed by atoms with Gasteiger partial charge in [0.1, 0.15) is 17.7 Å². The number of fused-ring (bicyclic) bond motifs is 1. The zero-order valence-corrected chi connectivity index (χ0v) is 23.0. The van der Waals surface area contributed by atoms with E-state index in [0.717, 1.165) is 38.3 Å². The first-order chi connectivity index (χ1) is 19.2. The number of imidazole rings is 1. The molecule has 0 spiro atoms. The van der Waals surface area contributed by atoms with E-state index in [1.54, 1.807) is 4.57 Å². The SMILES string of the molecule is CNC(=O)c1nc(NC(=O)c2cc(F)cc(Cl)c2)c2n1C(CN1CCNCC1)C(=O)NC2.Fc1ccc(Cl)cc1. The molecular formula is C26H27Cl2F2N7O3. The van der Waals surface area contributed by atoms with Crippen molar-refractivity contribution in [2.75, 3.05) is 45.1 Å². The maximum atomic E-state index is 13.7. The molecule has 0 radical (unpaired) electrons. The molecule has 3 heterocycles. The number of halogens is 4. The summed E-state index contributed by atoms with van der Waals surface area (Å²) >= 11 is 11.3. The monoisotopic (exact) mass is 593 g/mol. The summed E-state index contributed by atoms with van der Waals surface area (Å²) in [7, 11) is 1.46. The van der Waals surface area contributed by atoms with Gasteiger partial charge in [0.15, 0.2) is 5.82 Å². The minimum Gasteiger partial charge on any atom is -0.352 e. The van der Waals surface area contributed by atoms with E-state index in [9.17, 15) is 23.2 Å². The second-order valence-electron chi connectivity index (χ2n) is 9.01. The summed E-state index contributed by atoms with van der Waals surface area (Å²) in [6.45, 7) is 3.64. The van der Waals surface area contributed by atoms with E-state index in [1.165, 1.54) is 37.4 Å². The molecule has 1 atom stereocenters. The lowest BCUT2D eigenvalue weighted by Crippen LogP contribution is -2.50. The summed E-state index contributed by atoms with van der Waals surface area (Å²) in [4.78, 5) is 44.5. The number of anilines is 1. The lowest BCUT2D eigenvalue weighted by molar-refractivity contribution is -0.126. The van der Waals surface area contributed by atoms with Gasteiger partial charge >= 0.3 is 0 Å². The molecule has 2 aliphatic heterocycles. The molecule has 0 aliphatic carbocycles. The van der Waals surface area contributed by atoms with Crippen LogP contribution in [0.25, 0.3) is 0 Å². The average Bonchev–Trinajstić information content (AvgIpc) is 3.30. The van der Waals surface area contributed by atoms with Gasteiger partial charge in [0.05, 0.1) is 12.2 Å². The van der Waals surface area contributed by atoms with Crippen LogP contribution in [0.4, 0.5) is 14.6 Å². The number of piperazine rings is 1. The van der Waals surface area contributed by atoms with Crippen LogP contribution in [0.3, 0.4) is 0 Å². The van der Waals surface area contributed by atoms with Crippen molar-refractivity contribution in [3.63, 3.8) is 0 Å². The van der Waals surface area contributed by atoms with E-state index < -0.39 is 23.7 Å². The van der Waals surface area contributed by atoms with E-state index in [1.807, 2.05) is 0 Å². The van der Waals surface area contributed by atoms with Crippen molar-refractivity contribution in [3.05, 3.63) is 81.2 Å².